The SMILES string of the molecule is CN(CCOc1ccccc1)C(=O)Nc1cccc(NC(=O)C2CC2)c1. The lowest BCUT2D eigenvalue weighted by Gasteiger charge is -2.18. The molecule has 0 aromatic heterocycles. The largest absolute Gasteiger partial charge is 0.492 e. The summed E-state index contributed by atoms with van der Waals surface area (Å²) in [6.45, 7) is 0.865. The first kappa shape index (κ1) is 17.8. The molecule has 2 N–H and O–H groups in total. The van der Waals surface area contributed by atoms with Crippen LogP contribution in [0.4, 0.5) is 16.2 Å². The highest BCUT2D eigenvalue weighted by atomic mass is 16.5. The van der Waals surface area contributed by atoms with Crippen LogP contribution in [-0.2, 0) is 4.79 Å². The van der Waals surface area contributed by atoms with Crippen molar-refractivity contribution in [1.82, 2.24) is 4.90 Å². The zero-order valence-electron chi connectivity index (χ0n) is 14.8. The van der Waals surface area contributed by atoms with Crippen molar-refractivity contribution in [3.8, 4) is 5.75 Å². The summed E-state index contributed by atoms with van der Waals surface area (Å²) in [5, 5.41) is 5.70. The third kappa shape index (κ3) is 5.24. The van der Waals surface area contributed by atoms with Crippen LogP contribution < -0.4 is 15.4 Å². The molecule has 1 aliphatic rings. The van der Waals surface area contributed by atoms with Crippen LogP contribution in [0.3, 0.4) is 0 Å². The molecule has 1 aliphatic carbocycles. The van der Waals surface area contributed by atoms with E-state index < -0.39 is 0 Å². The molecule has 2 aromatic rings. The monoisotopic (exact) mass is 353 g/mol. The number of carbonyl (C=O) groups is 2. The van der Waals surface area contributed by atoms with Crippen LogP contribution in [-0.4, -0.2) is 37.0 Å². The average molecular weight is 353 g/mol. The highest BCUT2D eigenvalue weighted by molar-refractivity contribution is 5.95. The van der Waals surface area contributed by atoms with E-state index in [1.807, 2.05) is 36.4 Å². The standard InChI is InChI=1S/C20H23N3O3/c1-23(12-13-26-18-8-3-2-4-9-18)20(25)22-17-7-5-6-16(14-17)21-19(24)15-10-11-15/h2-9,14-15H,10-13H2,1H3,(H,21,24)(H,22,25). The summed E-state index contributed by atoms with van der Waals surface area (Å²) in [5.41, 5.74) is 1.33. The minimum absolute atomic E-state index is 0.0451. The summed E-state index contributed by atoms with van der Waals surface area (Å²) in [5.74, 6) is 0.966. The van der Waals surface area contributed by atoms with Crippen molar-refractivity contribution in [3.63, 3.8) is 0 Å². The van der Waals surface area contributed by atoms with Gasteiger partial charge in [-0.1, -0.05) is 24.3 Å². The molecule has 0 unspecified atom stereocenters. The Bertz CT molecular complexity index is 760. The van der Waals surface area contributed by atoms with Gasteiger partial charge in [0.1, 0.15) is 12.4 Å². The smallest absolute Gasteiger partial charge is 0.321 e. The first-order chi connectivity index (χ1) is 12.6. The third-order valence-corrected chi connectivity index (χ3v) is 4.11. The number of amides is 3. The second-order valence-corrected chi connectivity index (χ2v) is 6.36. The average Bonchev–Trinajstić information content (AvgIpc) is 3.48. The summed E-state index contributed by atoms with van der Waals surface area (Å²) < 4.78 is 5.60. The molecule has 3 rings (SSSR count). The number of nitrogens with one attached hydrogen (secondary N) is 2. The second kappa shape index (κ2) is 8.38. The molecule has 6 heteroatoms. The molecule has 0 radical (unpaired) electrons. The topological polar surface area (TPSA) is 70.7 Å². The molecule has 0 spiro atoms. The quantitative estimate of drug-likeness (QED) is 0.799. The maximum atomic E-state index is 12.3. The van der Waals surface area contributed by atoms with Crippen LogP contribution >= 0.6 is 0 Å². The van der Waals surface area contributed by atoms with Crippen molar-refractivity contribution in [3.05, 3.63) is 54.6 Å². The van der Waals surface area contributed by atoms with E-state index in [2.05, 4.69) is 10.6 Å². The highest BCUT2D eigenvalue weighted by Crippen LogP contribution is 2.30. The van der Waals surface area contributed by atoms with Crippen LogP contribution in [0, 0.1) is 5.92 Å². The van der Waals surface area contributed by atoms with E-state index in [9.17, 15) is 9.59 Å². The van der Waals surface area contributed by atoms with Crippen molar-refractivity contribution in [2.45, 2.75) is 12.8 Å². The van der Waals surface area contributed by atoms with Crippen molar-refractivity contribution >= 4 is 23.3 Å². The molecule has 3 amide bonds. The Morgan fingerprint density at radius 1 is 1.04 bits per heavy atom. The van der Waals surface area contributed by atoms with Crippen LogP contribution in [0.1, 0.15) is 12.8 Å². The van der Waals surface area contributed by atoms with E-state index in [0.29, 0.717) is 24.5 Å². The van der Waals surface area contributed by atoms with E-state index >= 15 is 0 Å². The molecule has 6 nitrogen and oxygen atoms in total. The van der Waals surface area contributed by atoms with Crippen LogP contribution in [0.2, 0.25) is 0 Å². The van der Waals surface area contributed by atoms with Crippen LogP contribution in [0.25, 0.3) is 0 Å². The van der Waals surface area contributed by atoms with Crippen molar-refractivity contribution in [2.75, 3.05) is 30.8 Å². The summed E-state index contributed by atoms with van der Waals surface area (Å²) in [4.78, 5) is 25.7. The molecular formula is C20H23N3O3. The molecule has 26 heavy (non-hydrogen) atoms. The summed E-state index contributed by atoms with van der Waals surface area (Å²) in [6.07, 6.45) is 1.91. The Labute approximate surface area is 153 Å². The Balaban J connectivity index is 1.46. The fourth-order valence-electron chi connectivity index (χ4n) is 2.40. The van der Waals surface area contributed by atoms with Gasteiger partial charge in [-0.3, -0.25) is 4.79 Å². The van der Waals surface area contributed by atoms with Gasteiger partial charge in [-0.05, 0) is 43.2 Å². The van der Waals surface area contributed by atoms with Gasteiger partial charge in [-0.15, -0.1) is 0 Å². The minimum Gasteiger partial charge on any atom is -0.492 e. The summed E-state index contributed by atoms with van der Waals surface area (Å²) in [6, 6.07) is 16.4. The zero-order chi connectivity index (χ0) is 18.4. The van der Waals surface area contributed by atoms with E-state index in [4.69, 9.17) is 4.74 Å². The van der Waals surface area contributed by atoms with Gasteiger partial charge in [-0.25, -0.2) is 4.79 Å². The fraction of sp³-hybridized carbons (Fsp3) is 0.300. The van der Waals surface area contributed by atoms with E-state index in [1.165, 1.54) is 0 Å². The molecule has 0 heterocycles. The summed E-state index contributed by atoms with van der Waals surface area (Å²) in [7, 11) is 1.71. The van der Waals surface area contributed by atoms with Gasteiger partial charge in [0.2, 0.25) is 5.91 Å². The molecule has 0 aliphatic heterocycles. The van der Waals surface area contributed by atoms with E-state index in [1.54, 1.807) is 30.1 Å². The lowest BCUT2D eigenvalue weighted by Crippen LogP contribution is -2.34. The predicted molar refractivity (Wildman–Crippen MR) is 101 cm³/mol. The number of para-hydroxylation sites is 1. The molecule has 2 aromatic carbocycles. The molecule has 136 valence electrons. The molecule has 0 saturated heterocycles. The number of nitrogens with zero attached hydrogens (tertiary/aromatic N) is 1. The lowest BCUT2D eigenvalue weighted by molar-refractivity contribution is -0.117. The summed E-state index contributed by atoms with van der Waals surface area (Å²) >= 11 is 0. The number of rotatable bonds is 7. The van der Waals surface area contributed by atoms with Crippen LogP contribution in [0.15, 0.2) is 54.6 Å². The lowest BCUT2D eigenvalue weighted by atomic mass is 10.2. The number of urea groups is 1. The maximum absolute atomic E-state index is 12.3. The Morgan fingerprint density at radius 3 is 2.42 bits per heavy atom. The number of likely N-dealkylation sites (N-methyl/N-ethyl adjacent to an activating group) is 1. The Morgan fingerprint density at radius 2 is 1.73 bits per heavy atom. The van der Waals surface area contributed by atoms with Gasteiger partial charge < -0.3 is 20.3 Å². The number of carbonyl (C=O) groups excluding carboxylic acids is 2. The molecule has 0 bridgehead atoms. The highest BCUT2D eigenvalue weighted by Gasteiger charge is 2.29. The van der Waals surface area contributed by atoms with Crippen LogP contribution in [0.5, 0.6) is 5.75 Å². The Hall–Kier alpha value is -3.02. The third-order valence-electron chi connectivity index (χ3n) is 4.11. The first-order valence-electron chi connectivity index (χ1n) is 8.73. The first-order valence-corrected chi connectivity index (χ1v) is 8.73. The number of hydrogen-bond donors (Lipinski definition) is 2. The maximum Gasteiger partial charge on any atom is 0.321 e. The van der Waals surface area contributed by atoms with Crippen molar-refractivity contribution < 1.29 is 14.3 Å². The van der Waals surface area contributed by atoms with Gasteiger partial charge in [0.25, 0.3) is 0 Å². The van der Waals surface area contributed by atoms with Gasteiger partial charge in [-0.2, -0.15) is 0 Å². The van der Waals surface area contributed by atoms with Gasteiger partial charge in [0, 0.05) is 24.3 Å². The van der Waals surface area contributed by atoms with Gasteiger partial charge in [0.15, 0.2) is 0 Å². The van der Waals surface area contributed by atoms with Gasteiger partial charge >= 0.3 is 6.03 Å². The fourth-order valence-corrected chi connectivity index (χ4v) is 2.40. The zero-order valence-corrected chi connectivity index (χ0v) is 14.8. The number of anilines is 2. The van der Waals surface area contributed by atoms with Gasteiger partial charge in [0.05, 0.1) is 6.54 Å². The predicted octanol–water partition coefficient (Wildman–Crippen LogP) is 3.58. The normalized spacial score (nSPS) is 13.0. The Kier molecular flexibility index (Phi) is 5.73. The molecule has 0 atom stereocenters. The van der Waals surface area contributed by atoms with Crippen molar-refractivity contribution in [1.29, 1.82) is 0 Å². The number of hydrogen-bond acceptors (Lipinski definition) is 3. The second-order valence-electron chi connectivity index (χ2n) is 6.36. The van der Waals surface area contributed by atoms with E-state index in [0.717, 1.165) is 18.6 Å². The number of ether oxygens (including phenoxy) is 1. The van der Waals surface area contributed by atoms with Crippen molar-refractivity contribution in [2.24, 2.45) is 5.92 Å². The molecule has 1 fully saturated rings. The number of benzene rings is 2. The molecule has 1 saturated carbocycles. The molecular weight excluding hydrogens is 330 g/mol. The van der Waals surface area contributed by atoms with E-state index in [-0.39, 0.29) is 17.9 Å². The minimum atomic E-state index is -0.229.